The number of ether oxygens (including phenoxy) is 2. The molecule has 0 saturated carbocycles. The summed E-state index contributed by atoms with van der Waals surface area (Å²) in [6.45, 7) is 11.8. The predicted octanol–water partition coefficient (Wildman–Crippen LogP) is 3.60. The van der Waals surface area contributed by atoms with Crippen molar-refractivity contribution in [2.24, 2.45) is 5.41 Å². The summed E-state index contributed by atoms with van der Waals surface area (Å²) in [5.74, 6) is 0. The van der Waals surface area contributed by atoms with E-state index in [9.17, 15) is 0 Å². The zero-order valence-electron chi connectivity index (χ0n) is 11.5. The van der Waals surface area contributed by atoms with Gasteiger partial charge in [0.05, 0.1) is 24.9 Å². The Balaban J connectivity index is 2.45. The van der Waals surface area contributed by atoms with Crippen LogP contribution >= 0.6 is 0 Å². The Morgan fingerprint density at radius 3 is 2.31 bits per heavy atom. The Morgan fingerprint density at radius 2 is 1.81 bits per heavy atom. The fraction of sp³-hybridized carbons (Fsp3) is 0.929. The molecule has 1 radical (unpaired) electrons. The lowest BCUT2D eigenvalue weighted by atomic mass is 9.87. The molecule has 1 fully saturated rings. The van der Waals surface area contributed by atoms with Crippen molar-refractivity contribution in [3.8, 4) is 0 Å². The molecule has 0 spiro atoms. The lowest BCUT2D eigenvalue weighted by Gasteiger charge is -2.37. The molecule has 3 unspecified atom stereocenters. The average Bonchev–Trinajstić information content (AvgIpc) is 2.25. The van der Waals surface area contributed by atoms with Gasteiger partial charge in [-0.25, -0.2) is 0 Å². The van der Waals surface area contributed by atoms with Gasteiger partial charge < -0.3 is 9.47 Å². The molecular weight excluding hydrogens is 200 g/mol. The van der Waals surface area contributed by atoms with Crippen molar-refractivity contribution in [3.63, 3.8) is 0 Å². The van der Waals surface area contributed by atoms with Crippen molar-refractivity contribution < 1.29 is 9.47 Å². The summed E-state index contributed by atoms with van der Waals surface area (Å²) < 4.78 is 11.9. The van der Waals surface area contributed by atoms with Gasteiger partial charge in [0.15, 0.2) is 0 Å². The lowest BCUT2D eigenvalue weighted by Crippen LogP contribution is -2.43. The van der Waals surface area contributed by atoms with E-state index in [1.807, 2.05) is 0 Å². The van der Waals surface area contributed by atoms with Crippen molar-refractivity contribution in [2.75, 3.05) is 6.61 Å². The minimum absolute atomic E-state index is 0.253. The monoisotopic (exact) mass is 227 g/mol. The molecule has 1 aliphatic heterocycles. The molecule has 1 saturated heterocycles. The summed E-state index contributed by atoms with van der Waals surface area (Å²) in [6, 6.07) is 0. The highest BCUT2D eigenvalue weighted by Gasteiger charge is 2.30. The van der Waals surface area contributed by atoms with Gasteiger partial charge in [-0.15, -0.1) is 0 Å². The van der Waals surface area contributed by atoms with E-state index in [4.69, 9.17) is 9.47 Å². The second-order valence-corrected chi connectivity index (χ2v) is 5.79. The van der Waals surface area contributed by atoms with Gasteiger partial charge in [-0.1, -0.05) is 34.6 Å². The molecule has 1 heterocycles. The van der Waals surface area contributed by atoms with Gasteiger partial charge in [-0.3, -0.25) is 0 Å². The van der Waals surface area contributed by atoms with Gasteiger partial charge in [-0.2, -0.15) is 0 Å². The van der Waals surface area contributed by atoms with Gasteiger partial charge in [0.1, 0.15) is 0 Å². The second kappa shape index (κ2) is 6.02. The summed E-state index contributed by atoms with van der Waals surface area (Å²) in [7, 11) is 0. The van der Waals surface area contributed by atoms with Crippen LogP contribution in [0.4, 0.5) is 0 Å². The zero-order valence-corrected chi connectivity index (χ0v) is 11.5. The first-order valence-corrected chi connectivity index (χ1v) is 6.57. The highest BCUT2D eigenvalue weighted by atomic mass is 16.6. The number of rotatable bonds is 4. The summed E-state index contributed by atoms with van der Waals surface area (Å²) in [5.41, 5.74) is 0.265. The fourth-order valence-corrected chi connectivity index (χ4v) is 1.98. The fourth-order valence-electron chi connectivity index (χ4n) is 1.98. The number of hydrogen-bond acceptors (Lipinski definition) is 2. The third-order valence-electron chi connectivity index (χ3n) is 3.10. The maximum absolute atomic E-state index is 6.08. The second-order valence-electron chi connectivity index (χ2n) is 5.79. The van der Waals surface area contributed by atoms with Crippen LogP contribution in [-0.2, 0) is 9.47 Å². The molecular formula is C14H27O2. The summed E-state index contributed by atoms with van der Waals surface area (Å²) >= 11 is 0. The standard InChI is InChI=1S/C14H27O2/c1-6-11-10-15-12(7-2)13(16-11)8-9-14(3,4)5/h9,11-13H,6-8,10H2,1-5H3. The minimum Gasteiger partial charge on any atom is -0.373 e. The van der Waals surface area contributed by atoms with E-state index >= 15 is 0 Å². The topological polar surface area (TPSA) is 18.5 Å². The highest BCUT2D eigenvalue weighted by Crippen LogP contribution is 2.27. The maximum Gasteiger partial charge on any atom is 0.0844 e. The minimum atomic E-state index is 0.253. The van der Waals surface area contributed by atoms with Gasteiger partial charge in [0.2, 0.25) is 0 Å². The van der Waals surface area contributed by atoms with Crippen LogP contribution in [0.2, 0.25) is 0 Å². The third kappa shape index (κ3) is 4.42. The third-order valence-corrected chi connectivity index (χ3v) is 3.10. The molecule has 0 aromatic rings. The van der Waals surface area contributed by atoms with Crippen LogP contribution in [0.15, 0.2) is 0 Å². The van der Waals surface area contributed by atoms with Crippen LogP contribution in [0.1, 0.15) is 53.9 Å². The van der Waals surface area contributed by atoms with E-state index < -0.39 is 0 Å². The van der Waals surface area contributed by atoms with E-state index in [2.05, 4.69) is 41.0 Å². The highest BCUT2D eigenvalue weighted by molar-refractivity contribution is 4.88. The predicted molar refractivity (Wildman–Crippen MR) is 67.4 cm³/mol. The first-order chi connectivity index (χ1) is 7.46. The van der Waals surface area contributed by atoms with Crippen LogP contribution in [-0.4, -0.2) is 24.9 Å². The number of hydrogen-bond donors (Lipinski definition) is 0. The summed E-state index contributed by atoms with van der Waals surface area (Å²) in [6.07, 6.45) is 6.26. The van der Waals surface area contributed by atoms with Gasteiger partial charge in [0, 0.05) is 0 Å². The first-order valence-electron chi connectivity index (χ1n) is 6.57. The van der Waals surface area contributed by atoms with E-state index in [-0.39, 0.29) is 17.6 Å². The Morgan fingerprint density at radius 1 is 1.12 bits per heavy atom. The van der Waals surface area contributed by atoms with Crippen molar-refractivity contribution in [2.45, 2.75) is 72.2 Å². The van der Waals surface area contributed by atoms with Crippen molar-refractivity contribution in [3.05, 3.63) is 6.42 Å². The molecule has 0 aliphatic carbocycles. The van der Waals surface area contributed by atoms with Crippen LogP contribution in [0.3, 0.4) is 0 Å². The van der Waals surface area contributed by atoms with Crippen LogP contribution in [0.5, 0.6) is 0 Å². The Hall–Kier alpha value is -0.0800. The smallest absolute Gasteiger partial charge is 0.0844 e. The summed E-state index contributed by atoms with van der Waals surface area (Å²) in [5, 5.41) is 0. The molecule has 1 aliphatic rings. The van der Waals surface area contributed by atoms with Crippen molar-refractivity contribution >= 4 is 0 Å². The van der Waals surface area contributed by atoms with E-state index in [1.165, 1.54) is 0 Å². The summed E-state index contributed by atoms with van der Waals surface area (Å²) in [4.78, 5) is 0. The van der Waals surface area contributed by atoms with Gasteiger partial charge >= 0.3 is 0 Å². The van der Waals surface area contributed by atoms with Crippen LogP contribution in [0, 0.1) is 11.8 Å². The molecule has 16 heavy (non-hydrogen) atoms. The lowest BCUT2D eigenvalue weighted by molar-refractivity contribution is -0.181. The Bertz CT molecular complexity index is 195. The quantitative estimate of drug-likeness (QED) is 0.730. The molecule has 0 amide bonds. The largest absolute Gasteiger partial charge is 0.373 e. The molecule has 0 N–H and O–H groups in total. The first kappa shape index (κ1) is 14.0. The Kier molecular flexibility index (Phi) is 5.26. The molecule has 0 bridgehead atoms. The van der Waals surface area contributed by atoms with Crippen LogP contribution < -0.4 is 0 Å². The molecule has 0 aromatic heterocycles. The Labute approximate surface area is 101 Å². The SMILES string of the molecule is CCC1COC(CC)C(C[CH]C(C)(C)C)O1. The van der Waals surface area contributed by atoms with Crippen molar-refractivity contribution in [1.82, 2.24) is 0 Å². The molecule has 2 heteroatoms. The van der Waals surface area contributed by atoms with E-state index in [1.54, 1.807) is 0 Å². The molecule has 0 aromatic carbocycles. The normalized spacial score (nSPS) is 31.7. The van der Waals surface area contributed by atoms with Gasteiger partial charge in [-0.05, 0) is 31.1 Å². The average molecular weight is 227 g/mol. The van der Waals surface area contributed by atoms with E-state index in [0.717, 1.165) is 25.9 Å². The van der Waals surface area contributed by atoms with E-state index in [0.29, 0.717) is 6.10 Å². The van der Waals surface area contributed by atoms with Gasteiger partial charge in [0.25, 0.3) is 0 Å². The molecule has 1 rings (SSSR count). The van der Waals surface area contributed by atoms with Crippen LogP contribution in [0.25, 0.3) is 0 Å². The van der Waals surface area contributed by atoms with Crippen molar-refractivity contribution in [1.29, 1.82) is 0 Å². The molecule has 3 atom stereocenters. The molecule has 2 nitrogen and oxygen atoms in total. The zero-order chi connectivity index (χ0) is 12.2. The maximum atomic E-state index is 6.08. The molecule has 95 valence electrons.